The Balaban J connectivity index is 1.91. The van der Waals surface area contributed by atoms with Crippen LogP contribution in [0.25, 0.3) is 11.1 Å². The van der Waals surface area contributed by atoms with Crippen LogP contribution in [0.3, 0.4) is 0 Å². The quantitative estimate of drug-likeness (QED) is 0.458. The predicted molar refractivity (Wildman–Crippen MR) is 101 cm³/mol. The van der Waals surface area contributed by atoms with Crippen LogP contribution in [-0.4, -0.2) is 42.4 Å². The zero-order valence-corrected chi connectivity index (χ0v) is 14.6. The summed E-state index contributed by atoms with van der Waals surface area (Å²) in [5.41, 5.74) is 5.06. The van der Waals surface area contributed by atoms with Crippen molar-refractivity contribution in [3.63, 3.8) is 0 Å². The van der Waals surface area contributed by atoms with Gasteiger partial charge in [-0.2, -0.15) is 5.10 Å². The molecule has 0 aliphatic heterocycles. The number of Topliss-reactive ketones (excluding diaryl/α,β-unsaturated/α-hetero) is 1. The molecule has 0 saturated heterocycles. The molecule has 0 aliphatic carbocycles. The Hall–Kier alpha value is -2.79. The van der Waals surface area contributed by atoms with E-state index in [1.165, 1.54) is 0 Å². The van der Waals surface area contributed by atoms with Crippen molar-refractivity contribution in [1.82, 2.24) is 10.3 Å². The highest BCUT2D eigenvalue weighted by Gasteiger charge is 2.07. The molecule has 5 heteroatoms. The summed E-state index contributed by atoms with van der Waals surface area (Å²) >= 11 is 0. The number of hydrazone groups is 1. The molecule has 1 N–H and O–H groups in total. The number of nitrogens with zero attached hydrogens (tertiary/aromatic N) is 2. The third-order valence-corrected chi connectivity index (χ3v) is 3.91. The molecule has 0 aromatic heterocycles. The maximum Gasteiger partial charge on any atom is 0.254 e. The lowest BCUT2D eigenvalue weighted by Gasteiger charge is -2.15. The zero-order valence-electron chi connectivity index (χ0n) is 14.6. The second-order valence-electron chi connectivity index (χ2n) is 5.56. The lowest BCUT2D eigenvalue weighted by molar-refractivity contribution is -0.122. The molecule has 0 bridgehead atoms. The number of rotatable bonds is 8. The third kappa shape index (κ3) is 5.65. The van der Waals surface area contributed by atoms with Crippen LogP contribution in [0.5, 0.6) is 0 Å². The van der Waals surface area contributed by atoms with Gasteiger partial charge in [0.15, 0.2) is 0 Å². The second-order valence-corrected chi connectivity index (χ2v) is 5.56. The summed E-state index contributed by atoms with van der Waals surface area (Å²) in [6.07, 6.45) is 1.14. The van der Waals surface area contributed by atoms with Crippen LogP contribution in [0.2, 0.25) is 0 Å². The number of amides is 1. The highest BCUT2D eigenvalue weighted by molar-refractivity contribution is 6.35. The lowest BCUT2D eigenvalue weighted by Crippen LogP contribution is -2.35. The molecule has 1 amide bonds. The van der Waals surface area contributed by atoms with Gasteiger partial charge in [-0.1, -0.05) is 68.4 Å². The first-order valence-electron chi connectivity index (χ1n) is 8.38. The first-order chi connectivity index (χ1) is 12.1. The number of carbonyl (C=O) groups is 2. The molecule has 130 valence electrons. The lowest BCUT2D eigenvalue weighted by atomic mass is 10.0. The van der Waals surface area contributed by atoms with Crippen molar-refractivity contribution in [3.8, 4) is 11.1 Å². The monoisotopic (exact) mass is 337 g/mol. The van der Waals surface area contributed by atoms with Crippen molar-refractivity contribution in [2.75, 3.05) is 19.6 Å². The van der Waals surface area contributed by atoms with E-state index in [1.807, 2.05) is 61.2 Å². The topological polar surface area (TPSA) is 61.8 Å². The summed E-state index contributed by atoms with van der Waals surface area (Å²) < 4.78 is 0. The average Bonchev–Trinajstić information content (AvgIpc) is 2.66. The van der Waals surface area contributed by atoms with E-state index in [1.54, 1.807) is 12.1 Å². The van der Waals surface area contributed by atoms with Crippen LogP contribution in [0.1, 0.15) is 24.2 Å². The number of ketones is 1. The van der Waals surface area contributed by atoms with E-state index < -0.39 is 0 Å². The fourth-order valence-corrected chi connectivity index (χ4v) is 2.38. The minimum Gasteiger partial charge on any atom is -0.295 e. The van der Waals surface area contributed by atoms with Gasteiger partial charge in [0, 0.05) is 5.56 Å². The molecule has 0 heterocycles. The molecule has 0 unspecified atom stereocenters. The van der Waals surface area contributed by atoms with Gasteiger partial charge in [-0.3, -0.25) is 14.5 Å². The Labute approximate surface area is 148 Å². The van der Waals surface area contributed by atoms with Crippen LogP contribution in [-0.2, 0) is 4.79 Å². The Bertz CT molecular complexity index is 720. The minimum absolute atomic E-state index is 0.229. The van der Waals surface area contributed by atoms with Crippen LogP contribution in [0.15, 0.2) is 59.7 Å². The summed E-state index contributed by atoms with van der Waals surface area (Å²) in [6.45, 7) is 5.83. The SMILES string of the molecule is CCN(CC)CC(=O)N/N=C/C(=O)c1ccc(-c2ccccc2)cc1. The normalized spacial score (nSPS) is 11.0. The molecule has 0 fully saturated rings. The largest absolute Gasteiger partial charge is 0.295 e. The first kappa shape index (κ1) is 18.5. The smallest absolute Gasteiger partial charge is 0.254 e. The van der Waals surface area contributed by atoms with E-state index in [0.717, 1.165) is 30.4 Å². The maximum atomic E-state index is 12.1. The van der Waals surface area contributed by atoms with E-state index in [4.69, 9.17) is 0 Å². The standard InChI is InChI=1S/C20H23N3O2/c1-3-23(4-2)15-20(25)22-21-14-19(24)18-12-10-17(11-13-18)16-8-6-5-7-9-16/h5-14H,3-4,15H2,1-2H3,(H,22,25)/b21-14+. The Kier molecular flexibility index (Phi) is 7.04. The van der Waals surface area contributed by atoms with Crippen molar-refractivity contribution in [3.05, 3.63) is 60.2 Å². The Morgan fingerprint density at radius 1 is 0.960 bits per heavy atom. The first-order valence-corrected chi connectivity index (χ1v) is 8.38. The summed E-state index contributed by atoms with van der Waals surface area (Å²) in [4.78, 5) is 25.8. The van der Waals surface area contributed by atoms with Crippen LogP contribution >= 0.6 is 0 Å². The van der Waals surface area contributed by atoms with Crippen molar-refractivity contribution in [1.29, 1.82) is 0 Å². The van der Waals surface area contributed by atoms with E-state index in [0.29, 0.717) is 5.56 Å². The van der Waals surface area contributed by atoms with Gasteiger partial charge in [-0.25, -0.2) is 5.43 Å². The third-order valence-electron chi connectivity index (χ3n) is 3.91. The van der Waals surface area contributed by atoms with Crippen molar-refractivity contribution < 1.29 is 9.59 Å². The highest BCUT2D eigenvalue weighted by atomic mass is 16.2. The van der Waals surface area contributed by atoms with Gasteiger partial charge in [0.05, 0.1) is 12.8 Å². The molecule has 0 spiro atoms. The fraction of sp³-hybridized carbons (Fsp3) is 0.250. The van der Waals surface area contributed by atoms with Gasteiger partial charge in [0.2, 0.25) is 5.78 Å². The van der Waals surface area contributed by atoms with Crippen LogP contribution in [0.4, 0.5) is 0 Å². The molecule has 25 heavy (non-hydrogen) atoms. The molecule has 2 aromatic carbocycles. The molecular weight excluding hydrogens is 314 g/mol. The van der Waals surface area contributed by atoms with Crippen molar-refractivity contribution >= 4 is 17.9 Å². The van der Waals surface area contributed by atoms with Crippen molar-refractivity contribution in [2.24, 2.45) is 5.10 Å². The molecule has 0 saturated carbocycles. The maximum absolute atomic E-state index is 12.1. The molecule has 0 atom stereocenters. The number of benzene rings is 2. The van der Waals surface area contributed by atoms with Gasteiger partial charge in [-0.15, -0.1) is 0 Å². The average molecular weight is 337 g/mol. The van der Waals surface area contributed by atoms with Gasteiger partial charge >= 0.3 is 0 Å². The molecule has 0 radical (unpaired) electrons. The second kappa shape index (κ2) is 9.49. The molecule has 5 nitrogen and oxygen atoms in total. The molecular formula is C20H23N3O2. The fourth-order valence-electron chi connectivity index (χ4n) is 2.38. The highest BCUT2D eigenvalue weighted by Crippen LogP contribution is 2.19. The number of carbonyl (C=O) groups excluding carboxylic acids is 2. The summed E-state index contributed by atoms with van der Waals surface area (Å²) in [5.74, 6) is -0.477. The Morgan fingerprint density at radius 3 is 2.16 bits per heavy atom. The van der Waals surface area contributed by atoms with E-state index in [2.05, 4.69) is 10.5 Å². The van der Waals surface area contributed by atoms with E-state index in [-0.39, 0.29) is 18.2 Å². The van der Waals surface area contributed by atoms with E-state index >= 15 is 0 Å². The van der Waals surface area contributed by atoms with Crippen LogP contribution < -0.4 is 5.43 Å². The van der Waals surface area contributed by atoms with Gasteiger partial charge in [0.1, 0.15) is 0 Å². The van der Waals surface area contributed by atoms with Gasteiger partial charge < -0.3 is 0 Å². The summed E-state index contributed by atoms with van der Waals surface area (Å²) in [5, 5.41) is 3.75. The molecule has 0 aliphatic rings. The predicted octanol–water partition coefficient (Wildman–Crippen LogP) is 2.98. The number of hydrogen-bond donors (Lipinski definition) is 1. The number of nitrogens with one attached hydrogen (secondary N) is 1. The minimum atomic E-state index is -0.247. The zero-order chi connectivity index (χ0) is 18.1. The van der Waals surface area contributed by atoms with Gasteiger partial charge in [-0.05, 0) is 24.2 Å². The number of hydrogen-bond acceptors (Lipinski definition) is 4. The number of likely N-dealkylation sites (N-methyl/N-ethyl adjacent to an activating group) is 1. The van der Waals surface area contributed by atoms with E-state index in [9.17, 15) is 9.59 Å². The van der Waals surface area contributed by atoms with Crippen LogP contribution in [0, 0.1) is 0 Å². The Morgan fingerprint density at radius 2 is 1.56 bits per heavy atom. The molecule has 2 rings (SSSR count). The molecule has 2 aromatic rings. The summed E-state index contributed by atoms with van der Waals surface area (Å²) in [6, 6.07) is 17.3. The summed E-state index contributed by atoms with van der Waals surface area (Å²) in [7, 11) is 0. The van der Waals surface area contributed by atoms with Gasteiger partial charge in [0.25, 0.3) is 5.91 Å². The van der Waals surface area contributed by atoms with Crippen molar-refractivity contribution in [2.45, 2.75) is 13.8 Å².